The first-order chi connectivity index (χ1) is 21.2. The Morgan fingerprint density at radius 1 is 0.488 bits per heavy atom. The lowest BCUT2D eigenvalue weighted by molar-refractivity contribution is 0.550. The highest BCUT2D eigenvalue weighted by molar-refractivity contribution is 5.85. The fraction of sp³-hybridized carbons (Fsp3) is 0.128. The van der Waals surface area contributed by atoms with Crippen LogP contribution in [0.1, 0.15) is 42.4 Å². The number of hydrogen-bond acceptors (Lipinski definition) is 4. The smallest absolute Gasteiger partial charge is 0.164 e. The van der Waals surface area contributed by atoms with Crippen molar-refractivity contribution in [3.63, 3.8) is 0 Å². The molecule has 4 heteroatoms. The minimum Gasteiger partial charge on any atom is -0.208 e. The van der Waals surface area contributed by atoms with Crippen LogP contribution in [0.25, 0.3) is 56.4 Å². The summed E-state index contributed by atoms with van der Waals surface area (Å²) in [7, 11) is 0. The molecule has 5 aromatic carbocycles. The molecule has 8 rings (SSSR count). The van der Waals surface area contributed by atoms with Gasteiger partial charge in [-0.1, -0.05) is 110 Å². The average Bonchev–Trinajstić information content (AvgIpc) is 3.69. The first kappa shape index (κ1) is 25.3. The summed E-state index contributed by atoms with van der Waals surface area (Å²) in [4.78, 5) is 14.7. The van der Waals surface area contributed by atoms with Crippen LogP contribution < -0.4 is 0 Å². The number of hydrogen-bond donors (Lipinski definition) is 0. The van der Waals surface area contributed by atoms with Crippen molar-refractivity contribution in [3.05, 3.63) is 138 Å². The van der Waals surface area contributed by atoms with E-state index in [1.54, 1.807) is 0 Å². The predicted octanol–water partition coefficient (Wildman–Crippen LogP) is 9.25. The second-order valence-corrected chi connectivity index (χ2v) is 11.5. The van der Waals surface area contributed by atoms with Crippen LogP contribution in [0.15, 0.2) is 121 Å². The van der Waals surface area contributed by atoms with E-state index in [0.717, 1.165) is 40.7 Å². The van der Waals surface area contributed by atoms with E-state index in [1.807, 2.05) is 66.7 Å². The van der Waals surface area contributed by atoms with Gasteiger partial charge in [0.1, 0.15) is 0 Å². The lowest BCUT2D eigenvalue weighted by atomic mass is 9.76. The van der Waals surface area contributed by atoms with E-state index in [0.29, 0.717) is 17.5 Å². The third-order valence-corrected chi connectivity index (χ3v) is 9.10. The Morgan fingerprint density at radius 3 is 1.63 bits per heavy atom. The van der Waals surface area contributed by atoms with E-state index in [-0.39, 0.29) is 5.41 Å². The van der Waals surface area contributed by atoms with Gasteiger partial charge in [0.05, 0.1) is 11.6 Å². The van der Waals surface area contributed by atoms with Crippen molar-refractivity contribution in [1.82, 2.24) is 15.0 Å². The highest BCUT2D eigenvalue weighted by Gasteiger charge is 2.45. The molecule has 1 saturated carbocycles. The van der Waals surface area contributed by atoms with E-state index in [9.17, 15) is 5.26 Å². The summed E-state index contributed by atoms with van der Waals surface area (Å²) < 4.78 is 0. The van der Waals surface area contributed by atoms with Crippen LogP contribution in [0.2, 0.25) is 0 Å². The topological polar surface area (TPSA) is 62.5 Å². The molecule has 0 unspecified atom stereocenters. The molecule has 0 atom stereocenters. The van der Waals surface area contributed by atoms with E-state index >= 15 is 0 Å². The zero-order valence-corrected chi connectivity index (χ0v) is 23.7. The van der Waals surface area contributed by atoms with Crippen LogP contribution in [0.4, 0.5) is 0 Å². The average molecular weight is 553 g/mol. The molecule has 0 radical (unpaired) electrons. The van der Waals surface area contributed by atoms with Gasteiger partial charge in [-0.25, -0.2) is 15.0 Å². The molecule has 0 aliphatic heterocycles. The van der Waals surface area contributed by atoms with Crippen LogP contribution in [0.3, 0.4) is 0 Å². The zero-order valence-electron chi connectivity index (χ0n) is 23.7. The van der Waals surface area contributed by atoms with Gasteiger partial charge in [-0.05, 0) is 70.5 Å². The maximum atomic E-state index is 9.63. The maximum absolute atomic E-state index is 9.63. The lowest BCUT2D eigenvalue weighted by Gasteiger charge is -2.27. The molecule has 43 heavy (non-hydrogen) atoms. The van der Waals surface area contributed by atoms with Crippen molar-refractivity contribution in [2.45, 2.75) is 31.1 Å². The van der Waals surface area contributed by atoms with Crippen molar-refractivity contribution >= 4 is 0 Å². The van der Waals surface area contributed by atoms with Gasteiger partial charge < -0.3 is 0 Å². The second kappa shape index (κ2) is 10.2. The number of rotatable bonds is 4. The number of benzene rings is 5. The molecule has 0 amide bonds. The largest absolute Gasteiger partial charge is 0.208 e. The van der Waals surface area contributed by atoms with Gasteiger partial charge in [0.15, 0.2) is 17.5 Å². The molecule has 0 N–H and O–H groups in total. The third kappa shape index (κ3) is 4.24. The Balaban J connectivity index is 1.24. The van der Waals surface area contributed by atoms with Gasteiger partial charge >= 0.3 is 0 Å². The van der Waals surface area contributed by atoms with Crippen LogP contribution >= 0.6 is 0 Å². The molecule has 1 spiro atoms. The number of fused-ring (bicyclic) bond motifs is 5. The normalized spacial score (nSPS) is 14.3. The van der Waals surface area contributed by atoms with Crippen LogP contribution in [-0.4, -0.2) is 15.0 Å². The van der Waals surface area contributed by atoms with Gasteiger partial charge in [0.25, 0.3) is 0 Å². The monoisotopic (exact) mass is 552 g/mol. The molecule has 1 aromatic heterocycles. The highest BCUT2D eigenvalue weighted by atomic mass is 15.0. The predicted molar refractivity (Wildman–Crippen MR) is 171 cm³/mol. The molecular weight excluding hydrogens is 524 g/mol. The summed E-state index contributed by atoms with van der Waals surface area (Å²) in [6.07, 6.45) is 4.67. The van der Waals surface area contributed by atoms with Gasteiger partial charge in [-0.3, -0.25) is 0 Å². The first-order valence-corrected chi connectivity index (χ1v) is 14.9. The molecule has 0 saturated heterocycles. The third-order valence-electron chi connectivity index (χ3n) is 9.10. The fourth-order valence-electron chi connectivity index (χ4n) is 7.04. The highest BCUT2D eigenvalue weighted by Crippen LogP contribution is 2.57. The SMILES string of the molecule is N#Cc1ccc2c(c1)C1(CCCC1)c1cc(-c3cccc(-c4nc(-c5ccccc5)nc(-c5ccccc5)n4)c3)ccc1-2. The molecule has 0 bridgehead atoms. The maximum Gasteiger partial charge on any atom is 0.164 e. The number of nitriles is 1. The molecule has 1 heterocycles. The quantitative estimate of drug-likeness (QED) is 0.219. The molecule has 4 nitrogen and oxygen atoms in total. The van der Waals surface area contributed by atoms with Crippen molar-refractivity contribution in [2.24, 2.45) is 0 Å². The standard InChI is InChI=1S/C39H28N4/c40-25-26-16-18-32-33-19-17-30(24-35(33)39(34(32)22-26)20-7-8-21-39)29-14-9-15-31(23-29)38-42-36(27-10-3-1-4-11-27)41-37(43-38)28-12-5-2-6-13-28/h1-6,9-19,22-24H,7-8,20-21H2. The molecule has 1 fully saturated rings. The van der Waals surface area contributed by atoms with Crippen LogP contribution in [0, 0.1) is 11.3 Å². The number of aromatic nitrogens is 3. The Bertz CT molecular complexity index is 1980. The molecule has 2 aliphatic carbocycles. The molecule has 204 valence electrons. The Labute approximate surface area is 251 Å². The molecular formula is C39H28N4. The van der Waals surface area contributed by atoms with Gasteiger partial charge in [0.2, 0.25) is 0 Å². The van der Waals surface area contributed by atoms with E-state index in [2.05, 4.69) is 60.7 Å². The Kier molecular flexibility index (Phi) is 5.98. The lowest BCUT2D eigenvalue weighted by Crippen LogP contribution is -2.20. The van der Waals surface area contributed by atoms with E-state index < -0.39 is 0 Å². The summed E-state index contributed by atoms with van der Waals surface area (Å²) in [6.45, 7) is 0. The van der Waals surface area contributed by atoms with Crippen LogP contribution in [-0.2, 0) is 5.41 Å². The summed E-state index contributed by atoms with van der Waals surface area (Å²) >= 11 is 0. The van der Waals surface area contributed by atoms with Crippen LogP contribution in [0.5, 0.6) is 0 Å². The number of nitrogens with zero attached hydrogens (tertiary/aromatic N) is 4. The summed E-state index contributed by atoms with van der Waals surface area (Å²) in [5.74, 6) is 1.97. The van der Waals surface area contributed by atoms with Crippen molar-refractivity contribution in [3.8, 4) is 62.5 Å². The van der Waals surface area contributed by atoms with Gasteiger partial charge in [-0.15, -0.1) is 0 Å². The molecule has 2 aliphatic rings. The minimum atomic E-state index is -0.00543. The summed E-state index contributed by atoms with van der Waals surface area (Å²) in [6, 6.07) is 44.2. The summed E-state index contributed by atoms with van der Waals surface area (Å²) in [5.41, 5.74) is 11.2. The fourth-order valence-corrected chi connectivity index (χ4v) is 7.04. The minimum absolute atomic E-state index is 0.00543. The van der Waals surface area contributed by atoms with E-state index in [4.69, 9.17) is 15.0 Å². The van der Waals surface area contributed by atoms with Crippen molar-refractivity contribution in [1.29, 1.82) is 5.26 Å². The van der Waals surface area contributed by atoms with E-state index in [1.165, 1.54) is 40.7 Å². The van der Waals surface area contributed by atoms with Crippen molar-refractivity contribution < 1.29 is 0 Å². The first-order valence-electron chi connectivity index (χ1n) is 14.9. The summed E-state index contributed by atoms with van der Waals surface area (Å²) in [5, 5.41) is 9.63. The Hall–Kier alpha value is -5.40. The molecule has 6 aromatic rings. The van der Waals surface area contributed by atoms with Gasteiger partial charge in [0, 0.05) is 22.1 Å². The Morgan fingerprint density at radius 2 is 1.00 bits per heavy atom. The van der Waals surface area contributed by atoms with Crippen molar-refractivity contribution in [2.75, 3.05) is 0 Å². The second-order valence-electron chi connectivity index (χ2n) is 11.5. The van der Waals surface area contributed by atoms with Gasteiger partial charge in [-0.2, -0.15) is 5.26 Å². The zero-order chi connectivity index (χ0) is 28.8.